The second-order valence-electron chi connectivity index (χ2n) is 4.40. The van der Waals surface area contributed by atoms with Crippen LogP contribution in [0.1, 0.15) is 6.92 Å². The molecule has 4 nitrogen and oxygen atoms in total. The van der Waals surface area contributed by atoms with Gasteiger partial charge in [-0.15, -0.1) is 0 Å². The molecule has 0 aliphatic carbocycles. The number of methoxy groups -OCH3 is 1. The SMILES string of the molecule is CCN1/C(=C/C(=O)N(C)C)Sc2ccc(OC)cc21. The van der Waals surface area contributed by atoms with E-state index in [0.29, 0.717) is 0 Å². The van der Waals surface area contributed by atoms with Crippen LogP contribution in [0.3, 0.4) is 0 Å². The van der Waals surface area contributed by atoms with Crippen molar-refractivity contribution in [3.8, 4) is 5.75 Å². The van der Waals surface area contributed by atoms with Crippen LogP contribution in [0, 0.1) is 0 Å². The van der Waals surface area contributed by atoms with E-state index in [2.05, 4.69) is 11.8 Å². The van der Waals surface area contributed by atoms with Crippen LogP contribution in [0.15, 0.2) is 34.2 Å². The van der Waals surface area contributed by atoms with Gasteiger partial charge in [-0.3, -0.25) is 4.79 Å². The molecule has 19 heavy (non-hydrogen) atoms. The van der Waals surface area contributed by atoms with E-state index in [1.807, 2.05) is 18.2 Å². The molecule has 0 saturated carbocycles. The van der Waals surface area contributed by atoms with E-state index >= 15 is 0 Å². The number of thioether (sulfide) groups is 1. The van der Waals surface area contributed by atoms with Crippen molar-refractivity contribution in [2.75, 3.05) is 32.6 Å². The number of carbonyl (C=O) groups excluding carboxylic acids is 1. The number of ether oxygens (including phenoxy) is 1. The molecule has 0 saturated heterocycles. The molecule has 0 bridgehead atoms. The summed E-state index contributed by atoms with van der Waals surface area (Å²) in [5.74, 6) is 0.832. The third-order valence-electron chi connectivity index (χ3n) is 2.94. The normalized spacial score (nSPS) is 15.6. The number of hydrogen-bond acceptors (Lipinski definition) is 4. The Hall–Kier alpha value is -1.62. The smallest absolute Gasteiger partial charge is 0.248 e. The van der Waals surface area contributed by atoms with E-state index < -0.39 is 0 Å². The molecule has 1 aromatic carbocycles. The van der Waals surface area contributed by atoms with E-state index in [1.54, 1.807) is 43.9 Å². The zero-order valence-electron chi connectivity index (χ0n) is 11.6. The number of benzene rings is 1. The van der Waals surface area contributed by atoms with Gasteiger partial charge < -0.3 is 14.5 Å². The quantitative estimate of drug-likeness (QED) is 0.796. The first-order valence-electron chi connectivity index (χ1n) is 6.13. The van der Waals surface area contributed by atoms with Crippen molar-refractivity contribution in [2.45, 2.75) is 11.8 Å². The fourth-order valence-corrected chi connectivity index (χ4v) is 3.01. The van der Waals surface area contributed by atoms with E-state index in [4.69, 9.17) is 4.74 Å². The van der Waals surface area contributed by atoms with Gasteiger partial charge >= 0.3 is 0 Å². The van der Waals surface area contributed by atoms with Crippen LogP contribution in [0.5, 0.6) is 5.75 Å². The van der Waals surface area contributed by atoms with Crippen LogP contribution in [0.2, 0.25) is 0 Å². The Kier molecular flexibility index (Phi) is 4.04. The predicted molar refractivity (Wildman–Crippen MR) is 78.6 cm³/mol. The Bertz CT molecular complexity index is 526. The standard InChI is InChI=1S/C14H18N2O2S/c1-5-16-11-8-10(18-4)6-7-12(11)19-14(16)9-13(17)15(2)3/h6-9H,5H2,1-4H3/b14-9-. The number of carbonyl (C=O) groups is 1. The summed E-state index contributed by atoms with van der Waals surface area (Å²) in [7, 11) is 5.17. The fraction of sp³-hybridized carbons (Fsp3) is 0.357. The van der Waals surface area contributed by atoms with Gasteiger partial charge in [0.15, 0.2) is 0 Å². The highest BCUT2D eigenvalue weighted by atomic mass is 32.2. The van der Waals surface area contributed by atoms with Crippen molar-refractivity contribution in [1.29, 1.82) is 0 Å². The lowest BCUT2D eigenvalue weighted by atomic mass is 10.2. The predicted octanol–water partition coefficient (Wildman–Crippen LogP) is 2.56. The molecule has 0 atom stereocenters. The first-order valence-corrected chi connectivity index (χ1v) is 6.95. The van der Waals surface area contributed by atoms with E-state index in [9.17, 15) is 4.79 Å². The fourth-order valence-electron chi connectivity index (χ4n) is 1.88. The second-order valence-corrected chi connectivity index (χ2v) is 5.46. The van der Waals surface area contributed by atoms with Crippen LogP contribution >= 0.6 is 11.8 Å². The van der Waals surface area contributed by atoms with Crippen molar-refractivity contribution >= 4 is 23.4 Å². The molecule has 0 unspecified atom stereocenters. The third kappa shape index (κ3) is 2.71. The van der Waals surface area contributed by atoms with Crippen molar-refractivity contribution in [3.05, 3.63) is 29.3 Å². The van der Waals surface area contributed by atoms with Crippen molar-refractivity contribution in [2.24, 2.45) is 0 Å². The topological polar surface area (TPSA) is 32.8 Å². The lowest BCUT2D eigenvalue weighted by Gasteiger charge is -2.18. The Balaban J connectivity index is 2.35. The maximum absolute atomic E-state index is 11.8. The van der Waals surface area contributed by atoms with E-state index in [0.717, 1.165) is 27.9 Å². The molecule has 1 aliphatic heterocycles. The first-order chi connectivity index (χ1) is 9.06. The second kappa shape index (κ2) is 5.57. The van der Waals surface area contributed by atoms with Gasteiger partial charge in [-0.2, -0.15) is 0 Å². The van der Waals surface area contributed by atoms with E-state index in [1.165, 1.54) is 0 Å². The lowest BCUT2D eigenvalue weighted by Crippen LogP contribution is -2.23. The summed E-state index contributed by atoms with van der Waals surface area (Å²) in [5, 5.41) is 0.962. The van der Waals surface area contributed by atoms with Crippen LogP contribution in [0.25, 0.3) is 0 Å². The Labute approximate surface area is 118 Å². The first kappa shape index (κ1) is 13.8. The lowest BCUT2D eigenvalue weighted by molar-refractivity contribution is -0.123. The summed E-state index contributed by atoms with van der Waals surface area (Å²) < 4.78 is 5.26. The molecule has 0 radical (unpaired) electrons. The average molecular weight is 278 g/mol. The zero-order chi connectivity index (χ0) is 14.0. The number of hydrogen-bond donors (Lipinski definition) is 0. The molecule has 5 heteroatoms. The number of likely N-dealkylation sites (N-methyl/N-ethyl adjacent to an activating group) is 1. The van der Waals surface area contributed by atoms with Crippen LogP contribution < -0.4 is 9.64 Å². The van der Waals surface area contributed by atoms with E-state index in [-0.39, 0.29) is 5.91 Å². The maximum Gasteiger partial charge on any atom is 0.248 e. The van der Waals surface area contributed by atoms with Gasteiger partial charge in [-0.25, -0.2) is 0 Å². The van der Waals surface area contributed by atoms with Gasteiger partial charge in [0.1, 0.15) is 5.75 Å². The summed E-state index contributed by atoms with van der Waals surface area (Å²) in [4.78, 5) is 16.7. The monoisotopic (exact) mass is 278 g/mol. The molecule has 1 aromatic rings. The molecule has 1 aliphatic rings. The molecular weight excluding hydrogens is 260 g/mol. The third-order valence-corrected chi connectivity index (χ3v) is 4.05. The molecule has 0 spiro atoms. The van der Waals surface area contributed by atoms with Gasteiger partial charge in [0.05, 0.1) is 17.8 Å². The highest BCUT2D eigenvalue weighted by molar-refractivity contribution is 8.03. The number of nitrogens with zero attached hydrogens (tertiary/aromatic N) is 2. The van der Waals surface area contributed by atoms with Gasteiger partial charge in [0.2, 0.25) is 5.91 Å². The average Bonchev–Trinajstić information content (AvgIpc) is 2.74. The van der Waals surface area contributed by atoms with Crippen LogP contribution in [-0.2, 0) is 4.79 Å². The molecular formula is C14H18N2O2S. The summed E-state index contributed by atoms with van der Waals surface area (Å²) in [6.07, 6.45) is 1.68. The molecule has 0 fully saturated rings. The largest absolute Gasteiger partial charge is 0.497 e. The summed E-state index contributed by atoms with van der Waals surface area (Å²) in [6, 6.07) is 5.98. The summed E-state index contributed by atoms with van der Waals surface area (Å²) in [6.45, 7) is 2.89. The number of anilines is 1. The van der Waals surface area contributed by atoms with Crippen molar-refractivity contribution in [1.82, 2.24) is 4.90 Å². The number of rotatable bonds is 3. The maximum atomic E-state index is 11.8. The molecule has 0 N–H and O–H groups in total. The Morgan fingerprint density at radius 3 is 2.79 bits per heavy atom. The minimum atomic E-state index is 0.000668. The number of fused-ring (bicyclic) bond motifs is 1. The van der Waals surface area contributed by atoms with Crippen LogP contribution in [0.4, 0.5) is 5.69 Å². The van der Waals surface area contributed by atoms with Gasteiger partial charge in [0, 0.05) is 37.7 Å². The van der Waals surface area contributed by atoms with Crippen molar-refractivity contribution < 1.29 is 9.53 Å². The van der Waals surface area contributed by atoms with Crippen molar-refractivity contribution in [3.63, 3.8) is 0 Å². The minimum Gasteiger partial charge on any atom is -0.497 e. The highest BCUT2D eigenvalue weighted by Crippen LogP contribution is 2.47. The molecule has 0 aromatic heterocycles. The molecule has 1 amide bonds. The molecule has 102 valence electrons. The summed E-state index contributed by atoms with van der Waals surface area (Å²) in [5.41, 5.74) is 1.10. The van der Waals surface area contributed by atoms with Crippen LogP contribution in [-0.4, -0.2) is 38.6 Å². The van der Waals surface area contributed by atoms with Gasteiger partial charge in [-0.1, -0.05) is 11.8 Å². The zero-order valence-corrected chi connectivity index (χ0v) is 12.5. The number of amides is 1. The van der Waals surface area contributed by atoms with Gasteiger partial charge in [0.25, 0.3) is 0 Å². The summed E-state index contributed by atoms with van der Waals surface area (Å²) >= 11 is 1.62. The highest BCUT2D eigenvalue weighted by Gasteiger charge is 2.25. The van der Waals surface area contributed by atoms with Gasteiger partial charge in [-0.05, 0) is 19.1 Å². The Morgan fingerprint density at radius 2 is 2.21 bits per heavy atom. The molecule has 1 heterocycles. The minimum absolute atomic E-state index is 0.000668. The molecule has 2 rings (SSSR count). The Morgan fingerprint density at radius 1 is 1.47 bits per heavy atom.